The highest BCUT2D eigenvalue weighted by Crippen LogP contribution is 2.31. The van der Waals surface area contributed by atoms with E-state index in [0.717, 1.165) is 42.8 Å². The summed E-state index contributed by atoms with van der Waals surface area (Å²) in [4.78, 5) is 14.0. The van der Waals surface area contributed by atoms with E-state index in [4.69, 9.17) is 16.3 Å². The van der Waals surface area contributed by atoms with Crippen molar-refractivity contribution in [2.45, 2.75) is 45.3 Å². The smallest absolute Gasteiger partial charge is 0.180 e. The summed E-state index contributed by atoms with van der Waals surface area (Å²) in [5.74, 6) is 1.54. The van der Waals surface area contributed by atoms with E-state index in [-0.39, 0.29) is 5.60 Å². The number of anilines is 1. The van der Waals surface area contributed by atoms with Crippen LogP contribution in [0.2, 0.25) is 5.02 Å². The summed E-state index contributed by atoms with van der Waals surface area (Å²) in [6.07, 6.45) is 5.31. The lowest BCUT2D eigenvalue weighted by Gasteiger charge is -2.35. The highest BCUT2D eigenvalue weighted by Gasteiger charge is 2.24. The number of aromatic nitrogens is 3. The third-order valence-electron chi connectivity index (χ3n) is 3.99. The van der Waals surface area contributed by atoms with E-state index in [1.165, 1.54) is 0 Å². The Morgan fingerprint density at radius 1 is 1.38 bits per heavy atom. The molecule has 130 valence electrons. The summed E-state index contributed by atoms with van der Waals surface area (Å²) in [5, 5.41) is 4.94. The van der Waals surface area contributed by atoms with Gasteiger partial charge in [0.05, 0.1) is 10.4 Å². The predicted octanol–water partition coefficient (Wildman–Crippen LogP) is 3.46. The van der Waals surface area contributed by atoms with Gasteiger partial charge in [0.25, 0.3) is 0 Å². The number of ether oxygens (including phenoxy) is 1. The molecule has 1 saturated heterocycles. The van der Waals surface area contributed by atoms with Crippen LogP contribution in [-0.2, 0) is 4.74 Å². The number of nitrogens with one attached hydrogen (secondary N) is 2. The molecule has 0 bridgehead atoms. The van der Waals surface area contributed by atoms with Crippen molar-refractivity contribution >= 4 is 28.5 Å². The van der Waals surface area contributed by atoms with Crippen molar-refractivity contribution in [1.82, 2.24) is 20.3 Å². The number of piperidine rings is 1. The number of rotatable bonds is 4. The van der Waals surface area contributed by atoms with Gasteiger partial charge in [0, 0.05) is 25.3 Å². The van der Waals surface area contributed by atoms with Crippen LogP contribution in [0.3, 0.4) is 0 Å². The van der Waals surface area contributed by atoms with Crippen LogP contribution < -0.4 is 10.2 Å². The van der Waals surface area contributed by atoms with Crippen molar-refractivity contribution in [2.75, 3.05) is 18.0 Å². The Kier molecular flexibility index (Phi) is 4.58. The Balaban J connectivity index is 1.63. The molecule has 0 saturated carbocycles. The minimum Gasteiger partial charge on any atom is -0.474 e. The highest BCUT2D eigenvalue weighted by atomic mass is 35.5. The molecule has 0 amide bonds. The van der Waals surface area contributed by atoms with Gasteiger partial charge in [-0.1, -0.05) is 11.6 Å². The van der Waals surface area contributed by atoms with E-state index < -0.39 is 0 Å². The van der Waals surface area contributed by atoms with Crippen LogP contribution in [0.15, 0.2) is 25.0 Å². The molecule has 1 aliphatic rings. The van der Waals surface area contributed by atoms with Gasteiger partial charge in [-0.05, 0) is 40.2 Å². The summed E-state index contributed by atoms with van der Waals surface area (Å²) in [5.41, 5.74) is 0.541. The second-order valence-electron chi connectivity index (χ2n) is 7.10. The average Bonchev–Trinajstić information content (AvgIpc) is 2.88. The molecule has 0 aromatic carbocycles. The van der Waals surface area contributed by atoms with Crippen LogP contribution >= 0.6 is 11.6 Å². The Morgan fingerprint density at radius 2 is 2.08 bits per heavy atom. The van der Waals surface area contributed by atoms with Crippen LogP contribution in [0, 0.1) is 0 Å². The fourth-order valence-electron chi connectivity index (χ4n) is 3.01. The molecule has 0 radical (unpaired) electrons. The number of fused-ring (bicyclic) bond motifs is 1. The zero-order valence-electron chi connectivity index (χ0n) is 14.4. The maximum absolute atomic E-state index is 6.28. The molecule has 0 spiro atoms. The number of hydrogen-bond donors (Lipinski definition) is 2. The number of halogens is 1. The zero-order valence-corrected chi connectivity index (χ0v) is 15.2. The summed E-state index contributed by atoms with van der Waals surface area (Å²) in [7, 11) is 0. The SMILES string of the molecule is C=C(NC1CCN(c2ncnc3[nH]cc(Cl)c23)CC1)OC(C)(C)C. The van der Waals surface area contributed by atoms with E-state index in [1.807, 2.05) is 20.8 Å². The molecule has 24 heavy (non-hydrogen) atoms. The standard InChI is InChI=1S/C17H24ClN5O/c1-11(24-17(2,3)4)22-12-5-7-23(8-6-12)16-14-13(18)9-19-15(14)20-10-21-16/h9-10,12,22H,1,5-8H2,2-4H3,(H,19,20,21). The Morgan fingerprint density at radius 3 is 2.75 bits per heavy atom. The van der Waals surface area contributed by atoms with Gasteiger partial charge < -0.3 is 19.9 Å². The van der Waals surface area contributed by atoms with Crippen LogP contribution in [0.1, 0.15) is 33.6 Å². The average molecular weight is 350 g/mol. The second kappa shape index (κ2) is 6.51. The second-order valence-corrected chi connectivity index (χ2v) is 7.51. The summed E-state index contributed by atoms with van der Waals surface area (Å²) < 4.78 is 5.75. The van der Waals surface area contributed by atoms with Crippen LogP contribution in [-0.4, -0.2) is 39.7 Å². The lowest BCUT2D eigenvalue weighted by molar-refractivity contribution is 0.0375. The van der Waals surface area contributed by atoms with Crippen molar-refractivity contribution in [3.05, 3.63) is 30.0 Å². The fraction of sp³-hybridized carbons (Fsp3) is 0.529. The lowest BCUT2D eigenvalue weighted by atomic mass is 10.0. The lowest BCUT2D eigenvalue weighted by Crippen LogP contribution is -2.43. The molecule has 3 rings (SSSR count). The normalized spacial score (nSPS) is 16.4. The number of nitrogens with zero attached hydrogens (tertiary/aromatic N) is 3. The third kappa shape index (κ3) is 3.75. The molecule has 2 aromatic rings. The van der Waals surface area contributed by atoms with Crippen molar-refractivity contribution in [1.29, 1.82) is 0 Å². The quantitative estimate of drug-likeness (QED) is 0.827. The number of hydrogen-bond acceptors (Lipinski definition) is 5. The topological polar surface area (TPSA) is 66.1 Å². The number of aromatic amines is 1. The molecule has 3 heterocycles. The molecule has 7 heteroatoms. The van der Waals surface area contributed by atoms with Crippen LogP contribution in [0.5, 0.6) is 0 Å². The van der Waals surface area contributed by atoms with Gasteiger partial charge in [-0.3, -0.25) is 0 Å². The minimum atomic E-state index is -0.234. The molecule has 2 aromatic heterocycles. The number of H-pyrrole nitrogens is 1. The van der Waals surface area contributed by atoms with E-state index in [1.54, 1.807) is 12.5 Å². The Labute approximate surface area is 147 Å². The first-order valence-electron chi connectivity index (χ1n) is 8.20. The molecule has 0 atom stereocenters. The first kappa shape index (κ1) is 16.9. The predicted molar refractivity (Wildman–Crippen MR) is 97.2 cm³/mol. The van der Waals surface area contributed by atoms with Crippen LogP contribution in [0.25, 0.3) is 11.0 Å². The molecule has 2 N–H and O–H groups in total. The molecular formula is C17H24ClN5O. The summed E-state index contributed by atoms with van der Waals surface area (Å²) >= 11 is 6.28. The molecule has 6 nitrogen and oxygen atoms in total. The Hall–Kier alpha value is -1.95. The monoisotopic (exact) mass is 349 g/mol. The van der Waals surface area contributed by atoms with Gasteiger partial charge in [-0.15, -0.1) is 0 Å². The maximum atomic E-state index is 6.28. The van der Waals surface area contributed by atoms with E-state index >= 15 is 0 Å². The van der Waals surface area contributed by atoms with Gasteiger partial charge in [0.2, 0.25) is 0 Å². The van der Waals surface area contributed by atoms with E-state index in [9.17, 15) is 0 Å². The third-order valence-corrected chi connectivity index (χ3v) is 4.29. The van der Waals surface area contributed by atoms with E-state index in [0.29, 0.717) is 16.9 Å². The molecule has 0 unspecified atom stereocenters. The van der Waals surface area contributed by atoms with Gasteiger partial charge in [-0.25, -0.2) is 9.97 Å². The summed E-state index contributed by atoms with van der Waals surface area (Å²) in [6, 6.07) is 0.357. The van der Waals surface area contributed by atoms with Crippen molar-refractivity contribution < 1.29 is 4.74 Å². The zero-order chi connectivity index (χ0) is 17.3. The molecule has 1 aliphatic heterocycles. The maximum Gasteiger partial charge on any atom is 0.180 e. The highest BCUT2D eigenvalue weighted by molar-refractivity contribution is 6.36. The molecule has 1 fully saturated rings. The van der Waals surface area contributed by atoms with Crippen molar-refractivity contribution in [3.63, 3.8) is 0 Å². The van der Waals surface area contributed by atoms with Gasteiger partial charge in [0.15, 0.2) is 5.88 Å². The van der Waals surface area contributed by atoms with Crippen molar-refractivity contribution in [3.8, 4) is 0 Å². The van der Waals surface area contributed by atoms with Crippen LogP contribution in [0.4, 0.5) is 5.82 Å². The van der Waals surface area contributed by atoms with Gasteiger partial charge in [-0.2, -0.15) is 0 Å². The summed E-state index contributed by atoms with van der Waals surface area (Å²) in [6.45, 7) is 11.8. The first-order chi connectivity index (χ1) is 11.3. The van der Waals surface area contributed by atoms with E-state index in [2.05, 4.69) is 31.7 Å². The first-order valence-corrected chi connectivity index (χ1v) is 8.58. The molecule has 0 aliphatic carbocycles. The van der Waals surface area contributed by atoms with Gasteiger partial charge >= 0.3 is 0 Å². The van der Waals surface area contributed by atoms with Crippen molar-refractivity contribution in [2.24, 2.45) is 0 Å². The largest absolute Gasteiger partial charge is 0.474 e. The molecular weight excluding hydrogens is 326 g/mol. The minimum absolute atomic E-state index is 0.234. The Bertz CT molecular complexity index is 728. The fourth-order valence-corrected chi connectivity index (χ4v) is 3.24. The van der Waals surface area contributed by atoms with Gasteiger partial charge in [0.1, 0.15) is 23.4 Å².